The molecule has 5 aliphatic rings. The Labute approximate surface area is 296 Å². The van der Waals surface area contributed by atoms with Crippen LogP contribution in [0.15, 0.2) is 91.0 Å². The largest absolute Gasteiger partial charge is 0.392 e. The minimum atomic E-state index is -0.615. The SMILES string of the molecule is CC1C(CN(C)C(C)c2ccc3ccccc3c2)OC(c2cccc(NC(=O)NC34CC5CC(CC(C5)C3)C4)c2)OC1c1ccc(CO)cc1. The van der Waals surface area contributed by atoms with Crippen LogP contribution >= 0.6 is 0 Å². The van der Waals surface area contributed by atoms with E-state index in [0.717, 1.165) is 59.4 Å². The lowest BCUT2D eigenvalue weighted by Crippen LogP contribution is -2.60. The minimum Gasteiger partial charge on any atom is -0.392 e. The number of rotatable bonds is 9. The highest BCUT2D eigenvalue weighted by atomic mass is 16.7. The van der Waals surface area contributed by atoms with Crippen molar-refractivity contribution in [2.24, 2.45) is 23.7 Å². The van der Waals surface area contributed by atoms with Crippen LogP contribution in [0.4, 0.5) is 10.5 Å². The number of fused-ring (bicyclic) bond motifs is 1. The van der Waals surface area contributed by atoms with Crippen molar-refractivity contribution in [1.82, 2.24) is 10.2 Å². The van der Waals surface area contributed by atoms with Gasteiger partial charge >= 0.3 is 6.03 Å². The predicted octanol–water partition coefficient (Wildman–Crippen LogP) is 8.91. The van der Waals surface area contributed by atoms with Gasteiger partial charge in [-0.2, -0.15) is 0 Å². The Balaban J connectivity index is 1.00. The van der Waals surface area contributed by atoms with Crippen LogP contribution in [0.5, 0.6) is 0 Å². The Kier molecular flexibility index (Phi) is 9.19. The fourth-order valence-electron chi connectivity index (χ4n) is 9.92. The number of hydrogen-bond acceptors (Lipinski definition) is 5. The molecule has 50 heavy (non-hydrogen) atoms. The molecule has 1 heterocycles. The summed E-state index contributed by atoms with van der Waals surface area (Å²) in [5.74, 6) is 2.36. The highest BCUT2D eigenvalue weighted by Gasteiger charge is 2.51. The zero-order valence-corrected chi connectivity index (χ0v) is 29.6. The van der Waals surface area contributed by atoms with Crippen molar-refractivity contribution in [2.75, 3.05) is 18.9 Å². The fraction of sp³-hybridized carbons (Fsp3) is 0.465. The van der Waals surface area contributed by atoms with E-state index in [1.807, 2.05) is 36.4 Å². The smallest absolute Gasteiger partial charge is 0.319 e. The Morgan fingerprint density at radius 1 is 0.860 bits per heavy atom. The second-order valence-corrected chi connectivity index (χ2v) is 15.9. The van der Waals surface area contributed by atoms with E-state index >= 15 is 0 Å². The van der Waals surface area contributed by atoms with Gasteiger partial charge in [-0.1, -0.05) is 79.7 Å². The molecular formula is C43H51N3O4. The number of anilines is 1. The lowest BCUT2D eigenvalue weighted by Gasteiger charge is -2.56. The Morgan fingerprint density at radius 3 is 2.26 bits per heavy atom. The quantitative estimate of drug-likeness (QED) is 0.165. The first-order valence-corrected chi connectivity index (χ1v) is 18.6. The number of nitrogens with one attached hydrogen (secondary N) is 2. The molecule has 5 atom stereocenters. The number of aliphatic hydroxyl groups is 1. The molecule has 4 bridgehead atoms. The van der Waals surface area contributed by atoms with Crippen molar-refractivity contribution in [3.8, 4) is 0 Å². The zero-order valence-electron chi connectivity index (χ0n) is 29.6. The maximum Gasteiger partial charge on any atom is 0.319 e. The van der Waals surface area contributed by atoms with Crippen molar-refractivity contribution in [3.05, 3.63) is 113 Å². The predicted molar refractivity (Wildman–Crippen MR) is 197 cm³/mol. The lowest BCUT2D eigenvalue weighted by atomic mass is 9.53. The van der Waals surface area contributed by atoms with E-state index in [1.165, 1.54) is 35.6 Å². The molecule has 5 unspecified atom stereocenters. The van der Waals surface area contributed by atoms with Crippen LogP contribution in [0.3, 0.4) is 0 Å². The van der Waals surface area contributed by atoms with Crippen LogP contribution in [0.2, 0.25) is 0 Å². The number of urea groups is 1. The van der Waals surface area contributed by atoms with Crippen molar-refractivity contribution < 1.29 is 19.4 Å². The lowest BCUT2D eigenvalue weighted by molar-refractivity contribution is -0.276. The molecule has 4 saturated carbocycles. The second-order valence-electron chi connectivity index (χ2n) is 15.9. The zero-order chi connectivity index (χ0) is 34.4. The van der Waals surface area contributed by atoms with Crippen LogP contribution in [-0.2, 0) is 16.1 Å². The van der Waals surface area contributed by atoms with Gasteiger partial charge in [0.15, 0.2) is 6.29 Å². The highest BCUT2D eigenvalue weighted by Crippen LogP contribution is 2.55. The first-order valence-electron chi connectivity index (χ1n) is 18.6. The number of ether oxygens (including phenoxy) is 2. The van der Waals surface area contributed by atoms with E-state index in [2.05, 4.69) is 91.0 Å². The van der Waals surface area contributed by atoms with Crippen LogP contribution in [0.25, 0.3) is 10.8 Å². The van der Waals surface area contributed by atoms with Gasteiger partial charge in [0.25, 0.3) is 0 Å². The summed E-state index contributed by atoms with van der Waals surface area (Å²) in [6.07, 6.45) is 6.42. The standard InChI is InChI=1S/C43H51N3O4/c1-27-39(25-46(3)28(2)35-16-15-33-7-4-5-8-36(33)20-35)49-41(50-40(27)34-13-11-29(26-47)12-14-34)37-9-6-10-38(21-37)44-42(48)45-43-22-30-17-31(23-43)19-32(18-30)24-43/h4-16,20-21,27-28,30-32,39-41,47H,17-19,22-26H2,1-3H3,(H2,44,45,48). The molecule has 4 aliphatic carbocycles. The van der Waals surface area contributed by atoms with Crippen molar-refractivity contribution in [1.29, 1.82) is 0 Å². The van der Waals surface area contributed by atoms with Gasteiger partial charge in [0.2, 0.25) is 0 Å². The molecule has 7 heteroatoms. The van der Waals surface area contributed by atoms with Gasteiger partial charge in [-0.05, 0) is 116 Å². The number of benzene rings is 4. The van der Waals surface area contributed by atoms with Crippen LogP contribution < -0.4 is 10.6 Å². The molecule has 5 fully saturated rings. The number of hydrogen-bond donors (Lipinski definition) is 3. The summed E-state index contributed by atoms with van der Waals surface area (Å²) in [6, 6.07) is 31.2. The summed E-state index contributed by atoms with van der Waals surface area (Å²) in [4.78, 5) is 15.8. The molecule has 262 valence electrons. The van der Waals surface area contributed by atoms with E-state index in [4.69, 9.17) is 9.47 Å². The van der Waals surface area contributed by atoms with Crippen molar-refractivity contribution in [3.63, 3.8) is 0 Å². The van der Waals surface area contributed by atoms with Gasteiger partial charge in [0, 0.05) is 35.3 Å². The van der Waals surface area contributed by atoms with Gasteiger partial charge in [0.05, 0.1) is 18.8 Å². The summed E-state index contributed by atoms with van der Waals surface area (Å²) in [7, 11) is 2.17. The van der Waals surface area contributed by atoms with E-state index < -0.39 is 6.29 Å². The van der Waals surface area contributed by atoms with Gasteiger partial charge in [-0.3, -0.25) is 4.90 Å². The molecule has 7 nitrogen and oxygen atoms in total. The fourth-order valence-corrected chi connectivity index (χ4v) is 9.92. The number of likely N-dealkylation sites (N-methyl/N-ethyl adjacent to an activating group) is 1. The molecule has 1 aliphatic heterocycles. The van der Waals surface area contributed by atoms with Gasteiger partial charge < -0.3 is 25.2 Å². The summed E-state index contributed by atoms with van der Waals surface area (Å²) < 4.78 is 13.6. The van der Waals surface area contributed by atoms with Crippen LogP contribution in [0.1, 0.15) is 93.1 Å². The summed E-state index contributed by atoms with van der Waals surface area (Å²) >= 11 is 0. The first kappa shape index (κ1) is 33.4. The average molecular weight is 674 g/mol. The third-order valence-corrected chi connectivity index (χ3v) is 12.3. The molecule has 0 aromatic heterocycles. The Morgan fingerprint density at radius 2 is 1.56 bits per heavy atom. The average Bonchev–Trinajstić information content (AvgIpc) is 3.11. The maximum atomic E-state index is 13.4. The van der Waals surface area contributed by atoms with Crippen molar-refractivity contribution in [2.45, 2.75) is 89.1 Å². The normalized spacial score (nSPS) is 30.8. The summed E-state index contributed by atoms with van der Waals surface area (Å²) in [5.41, 5.74) is 4.75. The highest BCUT2D eigenvalue weighted by molar-refractivity contribution is 5.90. The van der Waals surface area contributed by atoms with Gasteiger partial charge in [-0.25, -0.2) is 4.79 Å². The monoisotopic (exact) mass is 673 g/mol. The Hall–Kier alpha value is -3.75. The van der Waals surface area contributed by atoms with E-state index in [9.17, 15) is 9.90 Å². The third-order valence-electron chi connectivity index (χ3n) is 12.3. The molecule has 1 saturated heterocycles. The molecule has 0 radical (unpaired) electrons. The number of amides is 2. The maximum absolute atomic E-state index is 13.4. The molecule has 4 aromatic rings. The Bertz CT molecular complexity index is 1790. The molecular weight excluding hydrogens is 622 g/mol. The molecule has 3 N–H and O–H groups in total. The van der Waals surface area contributed by atoms with Crippen LogP contribution in [-0.4, -0.2) is 41.3 Å². The number of carbonyl (C=O) groups is 1. The van der Waals surface area contributed by atoms with Gasteiger partial charge in [-0.15, -0.1) is 0 Å². The number of aliphatic hydroxyl groups excluding tert-OH is 1. The number of nitrogens with zero attached hydrogens (tertiary/aromatic N) is 1. The van der Waals surface area contributed by atoms with E-state index in [0.29, 0.717) is 6.54 Å². The topological polar surface area (TPSA) is 83.1 Å². The summed E-state index contributed by atoms with van der Waals surface area (Å²) in [5, 5.41) is 18.8. The van der Waals surface area contributed by atoms with Gasteiger partial charge in [0.1, 0.15) is 0 Å². The summed E-state index contributed by atoms with van der Waals surface area (Å²) in [6.45, 7) is 5.17. The van der Waals surface area contributed by atoms with E-state index in [1.54, 1.807) is 0 Å². The molecule has 2 amide bonds. The van der Waals surface area contributed by atoms with Crippen LogP contribution in [0, 0.1) is 23.7 Å². The van der Waals surface area contributed by atoms with Crippen molar-refractivity contribution >= 4 is 22.5 Å². The minimum absolute atomic E-state index is 0.00338. The third kappa shape index (κ3) is 6.81. The molecule has 4 aromatic carbocycles. The molecule has 9 rings (SSSR count). The number of carbonyl (C=O) groups excluding carboxylic acids is 1. The van der Waals surface area contributed by atoms with E-state index in [-0.39, 0.29) is 42.3 Å². The second kappa shape index (κ2) is 13.8. The first-order chi connectivity index (χ1) is 24.2. The molecule has 0 spiro atoms.